The van der Waals surface area contributed by atoms with Crippen LogP contribution in [-0.4, -0.2) is 51.8 Å². The van der Waals surface area contributed by atoms with Crippen molar-refractivity contribution in [3.05, 3.63) is 17.8 Å². The van der Waals surface area contributed by atoms with Crippen LogP contribution in [0.25, 0.3) is 0 Å². The van der Waals surface area contributed by atoms with E-state index < -0.39 is 0 Å². The second-order valence-corrected chi connectivity index (χ2v) is 5.02. The minimum atomic E-state index is -0.138. The van der Waals surface area contributed by atoms with Gasteiger partial charge in [-0.05, 0) is 31.9 Å². The molecule has 20 heavy (non-hydrogen) atoms. The maximum atomic E-state index is 12.5. The van der Waals surface area contributed by atoms with Crippen LogP contribution >= 0.6 is 0 Å². The molecule has 1 amide bonds. The van der Waals surface area contributed by atoms with Gasteiger partial charge in [-0.3, -0.25) is 4.79 Å². The van der Waals surface area contributed by atoms with Gasteiger partial charge in [-0.2, -0.15) is 0 Å². The molecule has 2 heterocycles. The molecule has 1 saturated heterocycles. The number of hydrogen-bond donors (Lipinski definition) is 2. The molecule has 1 aromatic heterocycles. The molecule has 6 heteroatoms. The Hall–Kier alpha value is -1.69. The molecule has 0 bridgehead atoms. The van der Waals surface area contributed by atoms with Crippen molar-refractivity contribution in [1.82, 2.24) is 15.1 Å². The number of anilines is 1. The smallest absolute Gasteiger partial charge is 0.274 e. The fraction of sp³-hybridized carbons (Fsp3) is 0.643. The van der Waals surface area contributed by atoms with Gasteiger partial charge in [0.15, 0.2) is 5.69 Å². The summed E-state index contributed by atoms with van der Waals surface area (Å²) in [6.45, 7) is 3.43. The minimum Gasteiger partial charge on any atom is -0.394 e. The lowest BCUT2D eigenvalue weighted by Gasteiger charge is -2.28. The monoisotopic (exact) mass is 278 g/mol. The Labute approximate surface area is 119 Å². The molecule has 0 saturated carbocycles. The second kappa shape index (κ2) is 7.19. The van der Waals surface area contributed by atoms with Crippen molar-refractivity contribution < 1.29 is 9.90 Å². The first-order valence-corrected chi connectivity index (χ1v) is 7.25. The molecular formula is C14H22N4O2. The van der Waals surface area contributed by atoms with Gasteiger partial charge >= 0.3 is 0 Å². The predicted octanol–water partition coefficient (Wildman–Crippen LogP) is 1.29. The Bertz CT molecular complexity index is 435. The number of aliphatic hydroxyl groups is 1. The van der Waals surface area contributed by atoms with Gasteiger partial charge in [0.2, 0.25) is 0 Å². The third kappa shape index (κ3) is 3.45. The van der Waals surface area contributed by atoms with Crippen LogP contribution in [-0.2, 0) is 0 Å². The van der Waals surface area contributed by atoms with Gasteiger partial charge in [0, 0.05) is 13.1 Å². The third-order valence-corrected chi connectivity index (χ3v) is 3.59. The van der Waals surface area contributed by atoms with E-state index in [2.05, 4.69) is 15.5 Å². The number of aromatic nitrogens is 2. The van der Waals surface area contributed by atoms with Gasteiger partial charge in [0.25, 0.3) is 5.91 Å². The third-order valence-electron chi connectivity index (χ3n) is 3.59. The number of carbonyl (C=O) groups excluding carboxylic acids is 1. The number of rotatable bonds is 4. The maximum Gasteiger partial charge on any atom is 0.274 e. The van der Waals surface area contributed by atoms with E-state index in [9.17, 15) is 9.90 Å². The highest BCUT2D eigenvalue weighted by Gasteiger charge is 2.26. The van der Waals surface area contributed by atoms with Crippen LogP contribution in [0.15, 0.2) is 12.1 Å². The predicted molar refractivity (Wildman–Crippen MR) is 76.6 cm³/mol. The first-order chi connectivity index (χ1) is 9.76. The molecule has 1 aromatic rings. The zero-order valence-electron chi connectivity index (χ0n) is 11.9. The number of nitrogens with zero attached hydrogens (tertiary/aromatic N) is 3. The summed E-state index contributed by atoms with van der Waals surface area (Å²) >= 11 is 0. The lowest BCUT2D eigenvalue weighted by Crippen LogP contribution is -2.42. The van der Waals surface area contributed by atoms with Crippen molar-refractivity contribution in [2.24, 2.45) is 0 Å². The van der Waals surface area contributed by atoms with Gasteiger partial charge in [-0.1, -0.05) is 12.8 Å². The van der Waals surface area contributed by atoms with Crippen LogP contribution in [0, 0.1) is 0 Å². The largest absolute Gasteiger partial charge is 0.394 e. The zero-order chi connectivity index (χ0) is 14.4. The molecule has 0 spiro atoms. The van der Waals surface area contributed by atoms with Crippen molar-refractivity contribution in [1.29, 1.82) is 0 Å². The fourth-order valence-electron chi connectivity index (χ4n) is 2.50. The number of amides is 1. The van der Waals surface area contributed by atoms with E-state index >= 15 is 0 Å². The average Bonchev–Trinajstić information content (AvgIpc) is 2.72. The summed E-state index contributed by atoms with van der Waals surface area (Å²) in [5.41, 5.74) is 0.340. The molecule has 110 valence electrons. The number of likely N-dealkylation sites (tertiary alicyclic amines) is 1. The van der Waals surface area contributed by atoms with Crippen LogP contribution in [0.3, 0.4) is 0 Å². The normalized spacial score (nSPS) is 19.5. The topological polar surface area (TPSA) is 78.4 Å². The molecule has 6 nitrogen and oxygen atoms in total. The highest BCUT2D eigenvalue weighted by atomic mass is 16.3. The number of aliphatic hydroxyl groups excluding tert-OH is 1. The molecule has 1 aliphatic heterocycles. The summed E-state index contributed by atoms with van der Waals surface area (Å²) in [7, 11) is 0. The van der Waals surface area contributed by atoms with E-state index in [0.717, 1.165) is 32.2 Å². The van der Waals surface area contributed by atoms with Crippen LogP contribution in [0.4, 0.5) is 5.82 Å². The molecular weight excluding hydrogens is 256 g/mol. The standard InChI is InChI=1S/C14H22N4O2/c1-2-15-13-8-7-12(16-17-13)14(20)18-9-5-3-4-6-11(18)10-19/h7-8,11,19H,2-6,9-10H2,1H3,(H,15,17). The van der Waals surface area contributed by atoms with E-state index in [1.165, 1.54) is 0 Å². The number of carbonyl (C=O) groups is 1. The molecule has 1 aliphatic rings. The van der Waals surface area contributed by atoms with Crippen LogP contribution in [0.5, 0.6) is 0 Å². The van der Waals surface area contributed by atoms with Crippen molar-refractivity contribution in [3.63, 3.8) is 0 Å². The van der Waals surface area contributed by atoms with Crippen LogP contribution < -0.4 is 5.32 Å². The first-order valence-electron chi connectivity index (χ1n) is 7.25. The van der Waals surface area contributed by atoms with Crippen molar-refractivity contribution >= 4 is 11.7 Å². The molecule has 2 N–H and O–H groups in total. The summed E-state index contributed by atoms with van der Waals surface area (Å²) in [4.78, 5) is 14.2. The Morgan fingerprint density at radius 3 is 2.90 bits per heavy atom. The van der Waals surface area contributed by atoms with Crippen LogP contribution in [0.2, 0.25) is 0 Å². The molecule has 1 atom stereocenters. The van der Waals surface area contributed by atoms with Crippen molar-refractivity contribution in [2.75, 3.05) is 25.0 Å². The van der Waals surface area contributed by atoms with E-state index in [0.29, 0.717) is 18.1 Å². The van der Waals surface area contributed by atoms with E-state index in [1.807, 2.05) is 6.92 Å². The SMILES string of the molecule is CCNc1ccc(C(=O)N2CCCCCC2CO)nn1. The first kappa shape index (κ1) is 14.7. The second-order valence-electron chi connectivity index (χ2n) is 5.02. The maximum absolute atomic E-state index is 12.5. The van der Waals surface area contributed by atoms with Crippen LogP contribution in [0.1, 0.15) is 43.1 Å². The summed E-state index contributed by atoms with van der Waals surface area (Å²) in [5, 5.41) is 20.5. The highest BCUT2D eigenvalue weighted by molar-refractivity contribution is 5.92. The zero-order valence-corrected chi connectivity index (χ0v) is 11.9. The fourth-order valence-corrected chi connectivity index (χ4v) is 2.50. The molecule has 0 radical (unpaired) electrons. The minimum absolute atomic E-state index is 0.00857. The summed E-state index contributed by atoms with van der Waals surface area (Å²) in [6.07, 6.45) is 3.99. The Morgan fingerprint density at radius 1 is 1.40 bits per heavy atom. The molecule has 1 fully saturated rings. The van der Waals surface area contributed by atoms with Crippen molar-refractivity contribution in [2.45, 2.75) is 38.6 Å². The lowest BCUT2D eigenvalue weighted by molar-refractivity contribution is 0.0593. The summed E-state index contributed by atoms with van der Waals surface area (Å²) in [6, 6.07) is 3.35. The van der Waals surface area contributed by atoms with Crippen molar-refractivity contribution in [3.8, 4) is 0 Å². The molecule has 2 rings (SSSR count). The molecule has 1 unspecified atom stereocenters. The van der Waals surface area contributed by atoms with Gasteiger partial charge in [0.05, 0.1) is 12.6 Å². The van der Waals surface area contributed by atoms with Gasteiger partial charge < -0.3 is 15.3 Å². The molecule has 0 aliphatic carbocycles. The average molecular weight is 278 g/mol. The number of nitrogens with one attached hydrogen (secondary N) is 1. The Morgan fingerprint density at radius 2 is 2.25 bits per heavy atom. The summed E-state index contributed by atoms with van der Waals surface area (Å²) in [5.74, 6) is 0.528. The van der Waals surface area contributed by atoms with E-state index in [-0.39, 0.29) is 18.6 Å². The Balaban J connectivity index is 2.11. The van der Waals surface area contributed by atoms with E-state index in [1.54, 1.807) is 17.0 Å². The quantitative estimate of drug-likeness (QED) is 0.867. The highest BCUT2D eigenvalue weighted by Crippen LogP contribution is 2.18. The van der Waals surface area contributed by atoms with Gasteiger partial charge in [-0.25, -0.2) is 0 Å². The molecule has 0 aromatic carbocycles. The lowest BCUT2D eigenvalue weighted by atomic mass is 10.1. The number of hydrogen-bond acceptors (Lipinski definition) is 5. The summed E-state index contributed by atoms with van der Waals surface area (Å²) < 4.78 is 0. The van der Waals surface area contributed by atoms with E-state index in [4.69, 9.17) is 0 Å². The van der Waals surface area contributed by atoms with Gasteiger partial charge in [0.1, 0.15) is 5.82 Å². The Kier molecular flexibility index (Phi) is 5.29. The van der Waals surface area contributed by atoms with Gasteiger partial charge in [-0.15, -0.1) is 10.2 Å².